The molecule has 0 aliphatic carbocycles. The van der Waals surface area contributed by atoms with Crippen LogP contribution < -0.4 is 4.90 Å². The van der Waals surface area contributed by atoms with Gasteiger partial charge in [-0.2, -0.15) is 0 Å². The topological polar surface area (TPSA) is 79.0 Å². The number of rotatable bonds is 6. The van der Waals surface area contributed by atoms with Crippen molar-refractivity contribution in [3.05, 3.63) is 58.1 Å². The van der Waals surface area contributed by atoms with E-state index in [0.29, 0.717) is 11.3 Å². The SMILES string of the molecule is CCN(CC)c1ccc(N=Cc2cc([N+](=O)[O-])ccc2O)cc1. The molecule has 6 nitrogen and oxygen atoms in total. The number of hydrogen-bond acceptors (Lipinski definition) is 5. The number of anilines is 1. The van der Waals surface area contributed by atoms with Crippen molar-refractivity contribution < 1.29 is 10.0 Å². The smallest absolute Gasteiger partial charge is 0.270 e. The Hall–Kier alpha value is -2.89. The molecule has 0 atom stereocenters. The highest BCUT2D eigenvalue weighted by Crippen LogP contribution is 2.23. The molecule has 2 aromatic rings. The van der Waals surface area contributed by atoms with E-state index in [1.807, 2.05) is 24.3 Å². The third-order valence-electron chi connectivity index (χ3n) is 3.55. The monoisotopic (exact) mass is 313 g/mol. The van der Waals surface area contributed by atoms with Crippen LogP contribution in [0.5, 0.6) is 5.75 Å². The van der Waals surface area contributed by atoms with Gasteiger partial charge < -0.3 is 10.0 Å². The molecule has 1 N–H and O–H groups in total. The molecular weight excluding hydrogens is 294 g/mol. The van der Waals surface area contributed by atoms with E-state index in [0.717, 1.165) is 18.8 Å². The number of aromatic hydroxyl groups is 1. The lowest BCUT2D eigenvalue weighted by molar-refractivity contribution is -0.384. The van der Waals surface area contributed by atoms with Crippen LogP contribution in [0.4, 0.5) is 17.1 Å². The van der Waals surface area contributed by atoms with E-state index in [1.54, 1.807) is 0 Å². The van der Waals surface area contributed by atoms with Crippen LogP contribution in [-0.4, -0.2) is 29.3 Å². The van der Waals surface area contributed by atoms with Gasteiger partial charge in [-0.25, -0.2) is 0 Å². The number of non-ortho nitro benzene ring substituents is 1. The Bertz CT molecular complexity index is 708. The molecule has 0 aromatic heterocycles. The molecule has 0 amide bonds. The molecule has 0 bridgehead atoms. The largest absolute Gasteiger partial charge is 0.507 e. The number of nitro benzene ring substituents is 1. The molecule has 0 fully saturated rings. The fourth-order valence-corrected chi connectivity index (χ4v) is 2.24. The lowest BCUT2D eigenvalue weighted by atomic mass is 10.2. The predicted molar refractivity (Wildman–Crippen MR) is 92.0 cm³/mol. The van der Waals surface area contributed by atoms with Crippen LogP contribution in [0, 0.1) is 10.1 Å². The number of benzene rings is 2. The van der Waals surface area contributed by atoms with Gasteiger partial charge in [-0.05, 0) is 44.2 Å². The molecule has 0 saturated carbocycles. The van der Waals surface area contributed by atoms with Gasteiger partial charge >= 0.3 is 0 Å². The molecule has 0 unspecified atom stereocenters. The second-order valence-corrected chi connectivity index (χ2v) is 4.95. The maximum absolute atomic E-state index is 10.8. The summed E-state index contributed by atoms with van der Waals surface area (Å²) in [5, 5.41) is 20.5. The van der Waals surface area contributed by atoms with Crippen molar-refractivity contribution >= 4 is 23.3 Å². The van der Waals surface area contributed by atoms with E-state index < -0.39 is 4.92 Å². The molecule has 0 radical (unpaired) electrons. The Morgan fingerprint density at radius 3 is 2.39 bits per heavy atom. The van der Waals surface area contributed by atoms with Crippen LogP contribution in [0.25, 0.3) is 0 Å². The molecule has 0 heterocycles. The van der Waals surface area contributed by atoms with E-state index >= 15 is 0 Å². The van der Waals surface area contributed by atoms with Crippen LogP contribution in [0.1, 0.15) is 19.4 Å². The van der Waals surface area contributed by atoms with Crippen molar-refractivity contribution in [2.45, 2.75) is 13.8 Å². The summed E-state index contributed by atoms with van der Waals surface area (Å²) in [6, 6.07) is 11.6. The zero-order valence-electron chi connectivity index (χ0n) is 13.1. The lowest BCUT2D eigenvalue weighted by Gasteiger charge is -2.20. The first kappa shape index (κ1) is 16.5. The molecule has 120 valence electrons. The maximum Gasteiger partial charge on any atom is 0.270 e. The van der Waals surface area contributed by atoms with Crippen molar-refractivity contribution in [1.29, 1.82) is 0 Å². The highest BCUT2D eigenvalue weighted by molar-refractivity contribution is 5.86. The summed E-state index contributed by atoms with van der Waals surface area (Å²) in [5.74, 6) is -0.0425. The molecule has 0 saturated heterocycles. The summed E-state index contributed by atoms with van der Waals surface area (Å²) < 4.78 is 0. The number of nitro groups is 1. The number of nitrogens with zero attached hydrogens (tertiary/aromatic N) is 3. The second kappa shape index (κ2) is 7.40. The van der Waals surface area contributed by atoms with Gasteiger partial charge in [-0.15, -0.1) is 0 Å². The van der Waals surface area contributed by atoms with Crippen LogP contribution in [0.2, 0.25) is 0 Å². The standard InChI is InChI=1S/C17H19N3O3/c1-3-19(4-2)15-7-5-14(6-8-15)18-12-13-11-16(20(22)23)9-10-17(13)21/h5-12,21H,3-4H2,1-2H3. The van der Waals surface area contributed by atoms with Gasteiger partial charge in [-0.3, -0.25) is 15.1 Å². The van der Waals surface area contributed by atoms with E-state index in [-0.39, 0.29) is 11.4 Å². The minimum absolute atomic E-state index is 0.0425. The van der Waals surface area contributed by atoms with E-state index in [4.69, 9.17) is 0 Å². The van der Waals surface area contributed by atoms with Crippen LogP contribution >= 0.6 is 0 Å². The Morgan fingerprint density at radius 1 is 1.17 bits per heavy atom. The molecule has 0 aliphatic rings. The maximum atomic E-state index is 10.8. The Morgan fingerprint density at radius 2 is 1.83 bits per heavy atom. The van der Waals surface area contributed by atoms with Crippen LogP contribution in [0.3, 0.4) is 0 Å². The number of aliphatic imine (C=N–C) groups is 1. The van der Waals surface area contributed by atoms with Crippen molar-refractivity contribution in [1.82, 2.24) is 0 Å². The van der Waals surface area contributed by atoms with E-state index in [2.05, 4.69) is 23.7 Å². The Balaban J connectivity index is 2.20. The minimum Gasteiger partial charge on any atom is -0.507 e. The fourth-order valence-electron chi connectivity index (χ4n) is 2.24. The first-order valence-corrected chi connectivity index (χ1v) is 7.41. The first-order chi connectivity index (χ1) is 11.0. The van der Waals surface area contributed by atoms with Crippen molar-refractivity contribution in [2.75, 3.05) is 18.0 Å². The highest BCUT2D eigenvalue weighted by Gasteiger charge is 2.08. The molecule has 23 heavy (non-hydrogen) atoms. The van der Waals surface area contributed by atoms with Crippen molar-refractivity contribution in [3.63, 3.8) is 0 Å². The van der Waals surface area contributed by atoms with Crippen molar-refractivity contribution in [2.24, 2.45) is 4.99 Å². The lowest BCUT2D eigenvalue weighted by Crippen LogP contribution is -2.21. The Labute approximate surface area is 134 Å². The molecule has 2 rings (SSSR count). The zero-order valence-corrected chi connectivity index (χ0v) is 13.1. The quantitative estimate of drug-likeness (QED) is 0.498. The highest BCUT2D eigenvalue weighted by atomic mass is 16.6. The van der Waals surface area contributed by atoms with Gasteiger partial charge in [0.1, 0.15) is 5.75 Å². The average Bonchev–Trinajstić information content (AvgIpc) is 2.56. The summed E-state index contributed by atoms with van der Waals surface area (Å²) in [7, 11) is 0. The van der Waals surface area contributed by atoms with E-state index in [9.17, 15) is 15.2 Å². The van der Waals surface area contributed by atoms with Gasteiger partial charge in [0, 0.05) is 42.7 Å². The molecule has 6 heteroatoms. The number of hydrogen-bond donors (Lipinski definition) is 1. The molecule has 0 spiro atoms. The summed E-state index contributed by atoms with van der Waals surface area (Å²) in [5.41, 5.74) is 2.06. The summed E-state index contributed by atoms with van der Waals surface area (Å²) in [6.45, 7) is 6.06. The van der Waals surface area contributed by atoms with Crippen LogP contribution in [-0.2, 0) is 0 Å². The van der Waals surface area contributed by atoms with Gasteiger partial charge in [0.25, 0.3) is 5.69 Å². The molecule has 2 aromatic carbocycles. The van der Waals surface area contributed by atoms with E-state index in [1.165, 1.54) is 24.4 Å². The van der Waals surface area contributed by atoms with Gasteiger partial charge in [-0.1, -0.05) is 0 Å². The predicted octanol–water partition coefficient (Wildman–Crippen LogP) is 3.90. The van der Waals surface area contributed by atoms with Gasteiger partial charge in [0.05, 0.1) is 10.6 Å². The summed E-state index contributed by atoms with van der Waals surface area (Å²) >= 11 is 0. The molecular formula is C17H19N3O3. The third kappa shape index (κ3) is 4.06. The number of phenols is 1. The van der Waals surface area contributed by atoms with Gasteiger partial charge in [0.15, 0.2) is 0 Å². The third-order valence-corrected chi connectivity index (χ3v) is 3.55. The average molecular weight is 313 g/mol. The number of phenolic OH excluding ortho intramolecular Hbond substituents is 1. The minimum atomic E-state index is -0.504. The normalized spacial score (nSPS) is 10.9. The molecule has 0 aliphatic heterocycles. The second-order valence-electron chi connectivity index (χ2n) is 4.95. The summed E-state index contributed by atoms with van der Waals surface area (Å²) in [6.07, 6.45) is 1.43. The Kier molecular flexibility index (Phi) is 5.30. The zero-order chi connectivity index (χ0) is 16.8. The first-order valence-electron chi connectivity index (χ1n) is 7.41. The summed E-state index contributed by atoms with van der Waals surface area (Å²) in [4.78, 5) is 16.8. The fraction of sp³-hybridized carbons (Fsp3) is 0.235. The van der Waals surface area contributed by atoms with Gasteiger partial charge in [0.2, 0.25) is 0 Å². The van der Waals surface area contributed by atoms with Crippen LogP contribution in [0.15, 0.2) is 47.5 Å². The van der Waals surface area contributed by atoms with Crippen molar-refractivity contribution in [3.8, 4) is 5.75 Å².